The van der Waals surface area contributed by atoms with E-state index >= 15 is 0 Å². The van der Waals surface area contributed by atoms with Gasteiger partial charge in [-0.1, -0.05) is 20.3 Å². The fourth-order valence-electron chi connectivity index (χ4n) is 2.31. The topological polar surface area (TPSA) is 32.3 Å². The number of hydrogen-bond donors (Lipinski definition) is 1. The lowest BCUT2D eigenvalue weighted by Gasteiger charge is -2.34. The van der Waals surface area contributed by atoms with Crippen LogP contribution in [0.1, 0.15) is 59.3 Å². The Morgan fingerprint density at radius 1 is 1.25 bits per heavy atom. The van der Waals surface area contributed by atoms with E-state index in [0.717, 1.165) is 45.2 Å². The van der Waals surface area contributed by atoms with E-state index in [9.17, 15) is 4.79 Å². The van der Waals surface area contributed by atoms with Gasteiger partial charge in [-0.15, -0.1) is 0 Å². The average Bonchev–Trinajstić information content (AvgIpc) is 2.30. The summed E-state index contributed by atoms with van der Waals surface area (Å²) >= 11 is 0. The first-order chi connectivity index (χ1) is 7.61. The fraction of sp³-hybridized carbons (Fsp3) is 0.923. The molecule has 3 heteroatoms. The zero-order valence-corrected chi connectivity index (χ0v) is 11.0. The Kier molecular flexibility index (Phi) is 5.10. The Bertz CT molecular complexity index is 224. The quantitative estimate of drug-likeness (QED) is 0.784. The molecular weight excluding hydrogens is 200 g/mol. The van der Waals surface area contributed by atoms with Crippen LogP contribution in [0.15, 0.2) is 0 Å². The van der Waals surface area contributed by atoms with Gasteiger partial charge in [0.2, 0.25) is 0 Å². The molecule has 16 heavy (non-hydrogen) atoms. The number of carbonyl (C=O) groups is 1. The summed E-state index contributed by atoms with van der Waals surface area (Å²) in [6.07, 6.45) is 6.76. The molecule has 2 amide bonds. The van der Waals surface area contributed by atoms with Crippen LogP contribution < -0.4 is 5.32 Å². The number of urea groups is 1. The highest BCUT2D eigenvalue weighted by Gasteiger charge is 2.26. The number of piperidine rings is 1. The second kappa shape index (κ2) is 6.12. The molecule has 0 aromatic carbocycles. The number of carbonyl (C=O) groups excluding carboxylic acids is 1. The second-order valence-corrected chi connectivity index (χ2v) is 5.14. The van der Waals surface area contributed by atoms with E-state index in [0.29, 0.717) is 0 Å². The van der Waals surface area contributed by atoms with Crippen molar-refractivity contribution in [3.8, 4) is 0 Å². The molecule has 1 atom stereocenters. The van der Waals surface area contributed by atoms with E-state index in [2.05, 4.69) is 26.1 Å². The third-order valence-corrected chi connectivity index (χ3v) is 3.63. The van der Waals surface area contributed by atoms with Crippen LogP contribution in [0, 0.1) is 0 Å². The maximum absolute atomic E-state index is 12.1. The largest absolute Gasteiger partial charge is 0.333 e. The summed E-state index contributed by atoms with van der Waals surface area (Å²) in [6, 6.07) is 0.137. The van der Waals surface area contributed by atoms with Gasteiger partial charge in [0, 0.05) is 18.6 Å². The second-order valence-electron chi connectivity index (χ2n) is 5.14. The van der Waals surface area contributed by atoms with Gasteiger partial charge >= 0.3 is 6.03 Å². The highest BCUT2D eigenvalue weighted by molar-refractivity contribution is 5.75. The first-order valence-electron chi connectivity index (χ1n) is 6.68. The van der Waals surface area contributed by atoms with Crippen molar-refractivity contribution in [3.05, 3.63) is 0 Å². The number of rotatable bonds is 4. The molecule has 0 radical (unpaired) electrons. The number of likely N-dealkylation sites (tertiary alicyclic amines) is 1. The monoisotopic (exact) mass is 226 g/mol. The van der Waals surface area contributed by atoms with Gasteiger partial charge in [0.25, 0.3) is 0 Å². The molecule has 0 aromatic heterocycles. The average molecular weight is 226 g/mol. The summed E-state index contributed by atoms with van der Waals surface area (Å²) in [5.41, 5.74) is -0.0245. The van der Waals surface area contributed by atoms with Gasteiger partial charge < -0.3 is 10.2 Å². The Labute approximate surface area is 99.6 Å². The standard InChI is InChI=1S/C13H26N2O/c1-4-9-13(3,5-2)14-12(16)15-10-7-6-8-11-15/h4-11H2,1-3H3,(H,14,16). The third kappa shape index (κ3) is 3.69. The molecule has 0 aromatic rings. The van der Waals surface area contributed by atoms with Crippen molar-refractivity contribution in [2.45, 2.75) is 64.8 Å². The Morgan fingerprint density at radius 3 is 2.38 bits per heavy atom. The van der Waals surface area contributed by atoms with Crippen molar-refractivity contribution in [2.24, 2.45) is 0 Å². The predicted octanol–water partition coefficient (Wildman–Crippen LogP) is 3.15. The first kappa shape index (κ1) is 13.3. The molecule has 94 valence electrons. The van der Waals surface area contributed by atoms with Crippen LogP contribution in [0.3, 0.4) is 0 Å². The third-order valence-electron chi connectivity index (χ3n) is 3.63. The van der Waals surface area contributed by atoms with Gasteiger partial charge in [0.15, 0.2) is 0 Å². The van der Waals surface area contributed by atoms with Crippen molar-refractivity contribution in [3.63, 3.8) is 0 Å². The molecule has 1 unspecified atom stereocenters. The molecule has 1 aliphatic rings. The van der Waals surface area contributed by atoms with Crippen LogP contribution in [0.25, 0.3) is 0 Å². The molecule has 0 aliphatic carbocycles. The van der Waals surface area contributed by atoms with Crippen LogP contribution in [0.4, 0.5) is 4.79 Å². The van der Waals surface area contributed by atoms with E-state index in [1.807, 2.05) is 4.90 Å². The summed E-state index contributed by atoms with van der Waals surface area (Å²) in [5, 5.41) is 3.20. The van der Waals surface area contributed by atoms with Crippen molar-refractivity contribution in [1.29, 1.82) is 0 Å². The minimum atomic E-state index is -0.0245. The van der Waals surface area contributed by atoms with Crippen LogP contribution in [-0.2, 0) is 0 Å². The minimum absolute atomic E-state index is 0.0245. The van der Waals surface area contributed by atoms with Gasteiger partial charge in [-0.25, -0.2) is 4.79 Å². The minimum Gasteiger partial charge on any atom is -0.333 e. The smallest absolute Gasteiger partial charge is 0.317 e. The molecule has 3 nitrogen and oxygen atoms in total. The molecular formula is C13H26N2O. The SMILES string of the molecule is CCCC(C)(CC)NC(=O)N1CCCCC1. The lowest BCUT2D eigenvalue weighted by atomic mass is 9.93. The number of amides is 2. The normalized spacial score (nSPS) is 20.3. The lowest BCUT2D eigenvalue weighted by Crippen LogP contribution is -2.52. The summed E-state index contributed by atoms with van der Waals surface area (Å²) in [7, 11) is 0. The number of nitrogens with zero attached hydrogens (tertiary/aromatic N) is 1. The van der Waals surface area contributed by atoms with Crippen molar-refractivity contribution < 1.29 is 4.79 Å². The zero-order valence-electron chi connectivity index (χ0n) is 11.0. The van der Waals surface area contributed by atoms with Crippen LogP contribution >= 0.6 is 0 Å². The molecule has 1 N–H and O–H groups in total. The van der Waals surface area contributed by atoms with E-state index < -0.39 is 0 Å². The first-order valence-corrected chi connectivity index (χ1v) is 6.68. The highest BCUT2D eigenvalue weighted by Crippen LogP contribution is 2.18. The van der Waals surface area contributed by atoms with Gasteiger partial charge in [0.05, 0.1) is 0 Å². The molecule has 1 saturated heterocycles. The summed E-state index contributed by atoms with van der Waals surface area (Å²) in [5.74, 6) is 0. The summed E-state index contributed by atoms with van der Waals surface area (Å²) < 4.78 is 0. The molecule has 0 bridgehead atoms. The van der Waals surface area contributed by atoms with Crippen molar-refractivity contribution >= 4 is 6.03 Å². The van der Waals surface area contributed by atoms with Crippen molar-refractivity contribution in [2.75, 3.05) is 13.1 Å². The molecule has 1 aliphatic heterocycles. The number of hydrogen-bond acceptors (Lipinski definition) is 1. The van der Waals surface area contributed by atoms with Crippen LogP contribution in [0.5, 0.6) is 0 Å². The maximum Gasteiger partial charge on any atom is 0.317 e. The van der Waals surface area contributed by atoms with E-state index in [-0.39, 0.29) is 11.6 Å². The Hall–Kier alpha value is -0.730. The van der Waals surface area contributed by atoms with Gasteiger partial charge in [-0.2, -0.15) is 0 Å². The Morgan fingerprint density at radius 2 is 1.88 bits per heavy atom. The zero-order chi connectivity index (χ0) is 12.0. The van der Waals surface area contributed by atoms with Crippen LogP contribution in [0.2, 0.25) is 0 Å². The van der Waals surface area contributed by atoms with Crippen LogP contribution in [-0.4, -0.2) is 29.6 Å². The highest BCUT2D eigenvalue weighted by atomic mass is 16.2. The molecule has 0 saturated carbocycles. The lowest BCUT2D eigenvalue weighted by molar-refractivity contribution is 0.171. The Balaban J connectivity index is 2.47. The fourth-order valence-corrected chi connectivity index (χ4v) is 2.31. The van der Waals surface area contributed by atoms with Gasteiger partial charge in [-0.3, -0.25) is 0 Å². The van der Waals surface area contributed by atoms with Crippen molar-refractivity contribution in [1.82, 2.24) is 10.2 Å². The molecule has 1 heterocycles. The van der Waals surface area contributed by atoms with Gasteiger partial charge in [0.1, 0.15) is 0 Å². The van der Waals surface area contributed by atoms with E-state index in [1.54, 1.807) is 0 Å². The molecule has 1 rings (SSSR count). The van der Waals surface area contributed by atoms with E-state index in [1.165, 1.54) is 6.42 Å². The summed E-state index contributed by atoms with van der Waals surface area (Å²) in [6.45, 7) is 8.32. The predicted molar refractivity (Wildman–Crippen MR) is 67.6 cm³/mol. The number of nitrogens with one attached hydrogen (secondary N) is 1. The van der Waals surface area contributed by atoms with Gasteiger partial charge in [-0.05, 0) is 39.0 Å². The molecule has 0 spiro atoms. The maximum atomic E-state index is 12.1. The molecule has 1 fully saturated rings. The summed E-state index contributed by atoms with van der Waals surface area (Å²) in [4.78, 5) is 14.0. The van der Waals surface area contributed by atoms with E-state index in [4.69, 9.17) is 0 Å².